The number of hydrogen-bond acceptors (Lipinski definition) is 2. The van der Waals surface area contributed by atoms with E-state index >= 15 is 0 Å². The van der Waals surface area contributed by atoms with Crippen molar-refractivity contribution >= 4 is 11.6 Å². The average Bonchev–Trinajstić information content (AvgIpc) is 2.54. The van der Waals surface area contributed by atoms with Crippen molar-refractivity contribution in [3.63, 3.8) is 0 Å². The van der Waals surface area contributed by atoms with Crippen LogP contribution in [0.4, 0.5) is 10.1 Å². The molecule has 0 radical (unpaired) electrons. The van der Waals surface area contributed by atoms with Crippen molar-refractivity contribution in [2.75, 3.05) is 11.9 Å². The molecule has 0 saturated carbocycles. The Morgan fingerprint density at radius 3 is 2.48 bits per heavy atom. The molecule has 0 aliphatic rings. The van der Waals surface area contributed by atoms with E-state index in [4.69, 9.17) is 0 Å². The van der Waals surface area contributed by atoms with Crippen LogP contribution in [0.2, 0.25) is 0 Å². The zero-order valence-corrected chi connectivity index (χ0v) is 13.8. The molecule has 122 valence electrons. The first-order valence-electron chi connectivity index (χ1n) is 7.83. The zero-order chi connectivity index (χ0) is 16.8. The molecule has 0 aliphatic carbocycles. The summed E-state index contributed by atoms with van der Waals surface area (Å²) >= 11 is 0. The van der Waals surface area contributed by atoms with E-state index in [1.807, 2.05) is 30.3 Å². The molecule has 2 rings (SSSR count). The molecule has 2 aromatic rings. The first-order valence-corrected chi connectivity index (χ1v) is 7.83. The first-order chi connectivity index (χ1) is 11.0. The Kier molecular flexibility index (Phi) is 5.74. The summed E-state index contributed by atoms with van der Waals surface area (Å²) in [5, 5.41) is 6.32. The maximum absolute atomic E-state index is 13.3. The normalized spacial score (nSPS) is 12.0. The smallest absolute Gasteiger partial charge is 0.251 e. The van der Waals surface area contributed by atoms with Gasteiger partial charge in [-0.15, -0.1) is 0 Å². The topological polar surface area (TPSA) is 41.1 Å². The fraction of sp³-hybridized carbons (Fsp3) is 0.316. The van der Waals surface area contributed by atoms with Gasteiger partial charge in [0.05, 0.1) is 0 Å². The molecule has 23 heavy (non-hydrogen) atoms. The standard InChI is InChI=1S/C19H23FN2O/c1-13(2)18(22-16-7-5-4-6-8-16)12-21-19(23)17-11-15(20)10-9-14(17)3/h4-11,13,18,22H,12H2,1-3H3,(H,21,23). The van der Waals surface area contributed by atoms with Gasteiger partial charge < -0.3 is 10.6 Å². The van der Waals surface area contributed by atoms with Gasteiger partial charge in [-0.25, -0.2) is 4.39 Å². The van der Waals surface area contributed by atoms with Gasteiger partial charge >= 0.3 is 0 Å². The maximum atomic E-state index is 13.3. The highest BCUT2D eigenvalue weighted by molar-refractivity contribution is 5.95. The second-order valence-electron chi connectivity index (χ2n) is 6.03. The van der Waals surface area contributed by atoms with Crippen molar-refractivity contribution < 1.29 is 9.18 Å². The molecule has 0 aromatic heterocycles. The van der Waals surface area contributed by atoms with Crippen molar-refractivity contribution in [2.45, 2.75) is 26.8 Å². The van der Waals surface area contributed by atoms with Gasteiger partial charge in [0, 0.05) is 23.8 Å². The lowest BCUT2D eigenvalue weighted by molar-refractivity contribution is 0.0949. The number of nitrogens with one attached hydrogen (secondary N) is 2. The molecule has 4 heteroatoms. The maximum Gasteiger partial charge on any atom is 0.251 e. The van der Waals surface area contributed by atoms with Crippen LogP contribution in [0.15, 0.2) is 48.5 Å². The molecule has 0 fully saturated rings. The number of rotatable bonds is 6. The van der Waals surface area contributed by atoms with Gasteiger partial charge in [0.1, 0.15) is 5.82 Å². The average molecular weight is 314 g/mol. The van der Waals surface area contributed by atoms with E-state index in [-0.39, 0.29) is 11.9 Å². The van der Waals surface area contributed by atoms with E-state index in [2.05, 4.69) is 24.5 Å². The van der Waals surface area contributed by atoms with Crippen molar-refractivity contribution in [1.82, 2.24) is 5.32 Å². The Bertz CT molecular complexity index is 656. The molecule has 3 nitrogen and oxygen atoms in total. The number of halogens is 1. The zero-order valence-electron chi connectivity index (χ0n) is 13.8. The van der Waals surface area contributed by atoms with Crippen LogP contribution in [-0.2, 0) is 0 Å². The minimum absolute atomic E-state index is 0.0928. The van der Waals surface area contributed by atoms with Crippen LogP contribution in [0.25, 0.3) is 0 Å². The fourth-order valence-electron chi connectivity index (χ4n) is 2.34. The van der Waals surface area contributed by atoms with Crippen LogP contribution in [-0.4, -0.2) is 18.5 Å². The van der Waals surface area contributed by atoms with Gasteiger partial charge in [-0.2, -0.15) is 0 Å². The van der Waals surface area contributed by atoms with E-state index in [1.165, 1.54) is 12.1 Å². The van der Waals surface area contributed by atoms with E-state index in [0.29, 0.717) is 18.0 Å². The monoisotopic (exact) mass is 314 g/mol. The van der Waals surface area contributed by atoms with Gasteiger partial charge in [-0.3, -0.25) is 4.79 Å². The Morgan fingerprint density at radius 1 is 1.13 bits per heavy atom. The van der Waals surface area contributed by atoms with Crippen LogP contribution in [0, 0.1) is 18.7 Å². The highest BCUT2D eigenvalue weighted by Gasteiger charge is 2.16. The molecule has 0 saturated heterocycles. The van der Waals surface area contributed by atoms with Gasteiger partial charge in [-0.1, -0.05) is 38.1 Å². The first kappa shape index (κ1) is 17.0. The van der Waals surface area contributed by atoms with Crippen LogP contribution < -0.4 is 10.6 Å². The molecule has 2 N–H and O–H groups in total. The lowest BCUT2D eigenvalue weighted by atomic mass is 10.0. The Labute approximate surface area is 136 Å². The van der Waals surface area contributed by atoms with Crippen molar-refractivity contribution in [2.24, 2.45) is 5.92 Å². The van der Waals surface area contributed by atoms with Crippen LogP contribution in [0.5, 0.6) is 0 Å². The number of benzene rings is 2. The second-order valence-corrected chi connectivity index (χ2v) is 6.03. The summed E-state index contributed by atoms with van der Waals surface area (Å²) in [7, 11) is 0. The predicted octanol–water partition coefficient (Wildman–Crippen LogP) is 4.00. The predicted molar refractivity (Wildman–Crippen MR) is 92.2 cm³/mol. The van der Waals surface area contributed by atoms with Crippen molar-refractivity contribution in [3.8, 4) is 0 Å². The van der Waals surface area contributed by atoms with E-state index in [1.54, 1.807) is 13.0 Å². The van der Waals surface area contributed by atoms with Gasteiger partial charge in [0.25, 0.3) is 5.91 Å². The minimum Gasteiger partial charge on any atom is -0.380 e. The molecule has 0 spiro atoms. The van der Waals surface area contributed by atoms with Crippen molar-refractivity contribution in [3.05, 3.63) is 65.5 Å². The summed E-state index contributed by atoms with van der Waals surface area (Å²) < 4.78 is 13.3. The third kappa shape index (κ3) is 4.81. The molecule has 0 bridgehead atoms. The molecule has 0 aliphatic heterocycles. The van der Waals surface area contributed by atoms with E-state index in [0.717, 1.165) is 11.3 Å². The number of carbonyl (C=O) groups is 1. The number of amides is 1. The molecular formula is C19H23FN2O. The molecular weight excluding hydrogens is 291 g/mol. The van der Waals surface area contributed by atoms with Gasteiger partial charge in [-0.05, 0) is 42.7 Å². The third-order valence-electron chi connectivity index (χ3n) is 3.86. The molecule has 1 amide bonds. The van der Waals surface area contributed by atoms with Crippen LogP contribution in [0.1, 0.15) is 29.8 Å². The highest BCUT2D eigenvalue weighted by atomic mass is 19.1. The van der Waals surface area contributed by atoms with Crippen LogP contribution in [0.3, 0.4) is 0 Å². The quantitative estimate of drug-likeness (QED) is 0.846. The van der Waals surface area contributed by atoms with E-state index < -0.39 is 5.82 Å². The SMILES string of the molecule is Cc1ccc(F)cc1C(=O)NCC(Nc1ccccc1)C(C)C. The third-order valence-corrected chi connectivity index (χ3v) is 3.86. The number of aryl methyl sites for hydroxylation is 1. The molecule has 1 unspecified atom stereocenters. The van der Waals surface area contributed by atoms with Gasteiger partial charge in [0.15, 0.2) is 0 Å². The Hall–Kier alpha value is -2.36. The highest BCUT2D eigenvalue weighted by Crippen LogP contribution is 2.13. The summed E-state index contributed by atoms with van der Waals surface area (Å²) in [4.78, 5) is 12.3. The fourth-order valence-corrected chi connectivity index (χ4v) is 2.34. The van der Waals surface area contributed by atoms with Crippen LogP contribution >= 0.6 is 0 Å². The number of anilines is 1. The molecule has 2 aromatic carbocycles. The second kappa shape index (κ2) is 7.77. The summed E-state index contributed by atoms with van der Waals surface area (Å²) in [5.74, 6) is -0.310. The van der Waals surface area contributed by atoms with E-state index in [9.17, 15) is 9.18 Å². The summed E-state index contributed by atoms with van der Waals surface area (Å²) in [5.41, 5.74) is 2.16. The summed E-state index contributed by atoms with van der Waals surface area (Å²) in [6.45, 7) is 6.47. The summed E-state index contributed by atoms with van der Waals surface area (Å²) in [6.07, 6.45) is 0. The lowest BCUT2D eigenvalue weighted by Gasteiger charge is -2.24. The van der Waals surface area contributed by atoms with Crippen molar-refractivity contribution in [1.29, 1.82) is 0 Å². The Balaban J connectivity index is 2.01. The summed E-state index contributed by atoms with van der Waals surface area (Å²) in [6, 6.07) is 14.2. The number of hydrogen-bond donors (Lipinski definition) is 2. The molecule has 0 heterocycles. The Morgan fingerprint density at radius 2 is 1.83 bits per heavy atom. The molecule has 1 atom stereocenters. The van der Waals surface area contributed by atoms with Gasteiger partial charge in [0.2, 0.25) is 0 Å². The number of carbonyl (C=O) groups excluding carboxylic acids is 1. The largest absolute Gasteiger partial charge is 0.380 e. The number of para-hydroxylation sites is 1. The minimum atomic E-state index is -0.399. The lowest BCUT2D eigenvalue weighted by Crippen LogP contribution is -2.39.